The predicted molar refractivity (Wildman–Crippen MR) is 311 cm³/mol. The summed E-state index contributed by atoms with van der Waals surface area (Å²) in [4.78, 5) is 10.5. The quantitative estimate of drug-likeness (QED) is 0.165. The molecule has 0 N–H and O–H groups in total. The van der Waals surface area contributed by atoms with Gasteiger partial charge >= 0.3 is 0 Å². The summed E-state index contributed by atoms with van der Waals surface area (Å²) in [6.45, 7) is 41.4. The first-order chi connectivity index (χ1) is 33.5. The summed E-state index contributed by atoms with van der Waals surface area (Å²) >= 11 is 0. The van der Waals surface area contributed by atoms with Crippen LogP contribution >= 0.6 is 0 Å². The summed E-state index contributed by atoms with van der Waals surface area (Å²) in [6.07, 6.45) is 0. The van der Waals surface area contributed by atoms with Gasteiger partial charge in [-0.05, 0) is 155 Å². The lowest BCUT2D eigenvalue weighted by Gasteiger charge is -2.45. The van der Waals surface area contributed by atoms with E-state index >= 15 is 0 Å². The Morgan fingerprint density at radius 2 is 0.792 bits per heavy atom. The maximum atomic E-state index is 6.92. The highest BCUT2D eigenvalue weighted by Crippen LogP contribution is 2.50. The Bertz CT molecular complexity index is 3390. The maximum Gasteiger partial charge on any atom is 0.252 e. The van der Waals surface area contributed by atoms with E-state index in [1.807, 2.05) is 0 Å². The summed E-state index contributed by atoms with van der Waals surface area (Å²) in [5, 5.41) is 0. The van der Waals surface area contributed by atoms with Crippen LogP contribution in [0.4, 0.5) is 34.1 Å². The number of oxazole rings is 1. The second kappa shape index (κ2) is 16.6. The van der Waals surface area contributed by atoms with Gasteiger partial charge in [0.25, 0.3) is 6.71 Å². The number of benzene rings is 7. The Morgan fingerprint density at radius 1 is 0.361 bits per heavy atom. The molecule has 0 atom stereocenters. The molecule has 10 rings (SSSR count). The van der Waals surface area contributed by atoms with Crippen molar-refractivity contribution in [2.75, 3.05) is 9.80 Å². The second-order valence-electron chi connectivity index (χ2n) is 27.1. The number of nitrogens with zero attached hydrogens (tertiary/aromatic N) is 3. The predicted octanol–water partition coefficient (Wildman–Crippen LogP) is 17.0. The molecule has 0 radical (unpaired) electrons. The molecular formula is C67H76BN3O. The largest absolute Gasteiger partial charge is 0.436 e. The smallest absolute Gasteiger partial charge is 0.252 e. The Hall–Kier alpha value is -6.33. The van der Waals surface area contributed by atoms with Crippen molar-refractivity contribution in [1.82, 2.24) is 4.98 Å². The molecule has 0 spiro atoms. The van der Waals surface area contributed by atoms with Gasteiger partial charge in [0.05, 0.1) is 5.69 Å². The minimum absolute atomic E-state index is 0.0235. The Balaban J connectivity index is 1.33. The molecule has 8 aromatic rings. The van der Waals surface area contributed by atoms with E-state index < -0.39 is 0 Å². The number of fused-ring (bicyclic) bond motifs is 5. The van der Waals surface area contributed by atoms with Crippen LogP contribution < -0.4 is 26.2 Å². The van der Waals surface area contributed by atoms with Gasteiger partial charge in [-0.3, -0.25) is 0 Å². The number of hydrogen-bond acceptors (Lipinski definition) is 4. The maximum absolute atomic E-state index is 6.92. The fourth-order valence-electron chi connectivity index (χ4n) is 10.8. The van der Waals surface area contributed by atoms with Crippen LogP contribution in [0.3, 0.4) is 0 Å². The fourth-order valence-corrected chi connectivity index (χ4v) is 10.8. The van der Waals surface area contributed by atoms with Gasteiger partial charge in [0.15, 0.2) is 5.58 Å². The van der Waals surface area contributed by atoms with E-state index in [0.29, 0.717) is 5.89 Å². The number of anilines is 6. The average Bonchev–Trinajstić information content (AvgIpc) is 3.72. The molecule has 2 aliphatic rings. The third-order valence-electron chi connectivity index (χ3n) is 15.5. The van der Waals surface area contributed by atoms with Gasteiger partial charge in [-0.15, -0.1) is 0 Å². The molecule has 368 valence electrons. The van der Waals surface area contributed by atoms with Crippen LogP contribution in [-0.2, 0) is 32.5 Å². The van der Waals surface area contributed by atoms with Crippen molar-refractivity contribution in [3.63, 3.8) is 0 Å². The second-order valence-corrected chi connectivity index (χ2v) is 27.1. The van der Waals surface area contributed by atoms with E-state index in [2.05, 4.69) is 268 Å². The van der Waals surface area contributed by atoms with Crippen molar-refractivity contribution < 1.29 is 4.42 Å². The molecule has 0 saturated heterocycles. The highest BCUT2D eigenvalue weighted by atomic mass is 16.3. The zero-order valence-corrected chi connectivity index (χ0v) is 46.5. The highest BCUT2D eigenvalue weighted by molar-refractivity contribution is 7.00. The van der Waals surface area contributed by atoms with E-state index in [-0.39, 0.29) is 39.2 Å². The van der Waals surface area contributed by atoms with Gasteiger partial charge in [0.2, 0.25) is 5.89 Å². The lowest BCUT2D eigenvalue weighted by atomic mass is 9.33. The summed E-state index contributed by atoms with van der Waals surface area (Å²) in [7, 11) is 0. The van der Waals surface area contributed by atoms with Crippen molar-refractivity contribution in [3.05, 3.63) is 167 Å². The number of rotatable bonds is 4. The lowest BCUT2D eigenvalue weighted by Crippen LogP contribution is -2.61. The van der Waals surface area contributed by atoms with Crippen LogP contribution in [0, 0.1) is 0 Å². The summed E-state index contributed by atoms with van der Waals surface area (Å²) in [5.74, 6) is 0.630. The molecule has 5 heteroatoms. The van der Waals surface area contributed by atoms with Gasteiger partial charge in [0.1, 0.15) is 5.52 Å². The van der Waals surface area contributed by atoms with Crippen LogP contribution in [0.1, 0.15) is 158 Å². The van der Waals surface area contributed by atoms with Crippen molar-refractivity contribution in [3.8, 4) is 22.6 Å². The van der Waals surface area contributed by atoms with Crippen molar-refractivity contribution in [2.24, 2.45) is 0 Å². The molecule has 1 aromatic heterocycles. The van der Waals surface area contributed by atoms with Gasteiger partial charge < -0.3 is 14.2 Å². The van der Waals surface area contributed by atoms with Crippen LogP contribution in [-0.4, -0.2) is 11.7 Å². The highest BCUT2D eigenvalue weighted by Gasteiger charge is 2.45. The lowest BCUT2D eigenvalue weighted by molar-refractivity contribution is 0.589. The topological polar surface area (TPSA) is 32.5 Å². The molecule has 7 aromatic carbocycles. The molecule has 0 saturated carbocycles. The molecule has 0 unspecified atom stereocenters. The normalized spacial score (nSPS) is 14.2. The number of aromatic nitrogens is 1. The van der Waals surface area contributed by atoms with E-state index in [1.54, 1.807) is 0 Å². The summed E-state index contributed by atoms with van der Waals surface area (Å²) in [5.41, 5.74) is 23.4. The Morgan fingerprint density at radius 3 is 1.31 bits per heavy atom. The van der Waals surface area contributed by atoms with Gasteiger partial charge in [0, 0.05) is 39.6 Å². The summed E-state index contributed by atoms with van der Waals surface area (Å²) < 4.78 is 6.92. The zero-order valence-electron chi connectivity index (χ0n) is 46.5. The first kappa shape index (κ1) is 49.3. The SMILES string of the molecule is CC(C)(C)c1ccc(-c2nc3cc4c(cc3o2)B2c3cc(C(C)(C)C)ccc3N(c3ccc(C(C)(C)C)cc3)c3cc(C(C)(C)C)cc(c32)N4c2ccc(C(C)(C)C)cc2-c2ccc(C(C)(C)C)cc2)cc1. The third kappa shape index (κ3) is 8.69. The van der Waals surface area contributed by atoms with Crippen LogP contribution in [0.25, 0.3) is 33.7 Å². The molecular weight excluding hydrogens is 874 g/mol. The molecule has 0 aliphatic carbocycles. The Kier molecular flexibility index (Phi) is 11.4. The molecule has 0 fully saturated rings. The van der Waals surface area contributed by atoms with Gasteiger partial charge in [-0.1, -0.05) is 191 Å². The standard InChI is InChI=1S/C67H76BN3O/c1-62(2,3)43-23-19-41(20-24-43)50-35-46(65(10,11)12)29-33-54(50)71-56-40-53-59(72-61(69-53)42-21-25-44(26-22-42)63(4,5)6)39-52(56)68-51-36-47(66(13,14)15)30-34-55(51)70(49-31-27-45(28-32-49)64(7,8)9)57-37-48(67(16,17)18)38-58(71)60(57)68/h19-40H,1-18H3. The Labute approximate surface area is 432 Å². The van der Waals surface area contributed by atoms with E-state index in [0.717, 1.165) is 33.7 Å². The zero-order chi connectivity index (χ0) is 51.8. The molecule has 4 nitrogen and oxygen atoms in total. The molecule has 0 bridgehead atoms. The first-order valence-corrected chi connectivity index (χ1v) is 26.3. The molecule has 2 aliphatic heterocycles. The first-order valence-electron chi connectivity index (χ1n) is 26.3. The average molecular weight is 950 g/mol. The van der Waals surface area contributed by atoms with Crippen molar-refractivity contribution in [2.45, 2.75) is 157 Å². The fraction of sp³-hybridized carbons (Fsp3) is 0.358. The van der Waals surface area contributed by atoms with Crippen LogP contribution in [0.15, 0.2) is 138 Å². The molecule has 72 heavy (non-hydrogen) atoms. The molecule has 0 amide bonds. The van der Waals surface area contributed by atoms with Crippen molar-refractivity contribution >= 4 is 68.3 Å². The van der Waals surface area contributed by atoms with Crippen molar-refractivity contribution in [1.29, 1.82) is 0 Å². The minimum Gasteiger partial charge on any atom is -0.436 e. The molecule has 3 heterocycles. The monoisotopic (exact) mass is 950 g/mol. The third-order valence-corrected chi connectivity index (χ3v) is 15.5. The van der Waals surface area contributed by atoms with E-state index in [9.17, 15) is 0 Å². The van der Waals surface area contributed by atoms with Crippen LogP contribution in [0.2, 0.25) is 0 Å². The van der Waals surface area contributed by atoms with Gasteiger partial charge in [-0.25, -0.2) is 4.98 Å². The summed E-state index contributed by atoms with van der Waals surface area (Å²) in [6, 6.07) is 51.5. The number of hydrogen-bond donors (Lipinski definition) is 0. The van der Waals surface area contributed by atoms with Crippen LogP contribution in [0.5, 0.6) is 0 Å². The van der Waals surface area contributed by atoms with Gasteiger partial charge in [-0.2, -0.15) is 0 Å². The van der Waals surface area contributed by atoms with E-state index in [1.165, 1.54) is 78.0 Å². The van der Waals surface area contributed by atoms with E-state index in [4.69, 9.17) is 9.40 Å². The minimum atomic E-state index is -0.166.